The van der Waals surface area contributed by atoms with Gasteiger partial charge in [0.2, 0.25) is 5.91 Å². The minimum atomic E-state index is -0.456. The quantitative estimate of drug-likeness (QED) is 0.592. The lowest BCUT2D eigenvalue weighted by atomic mass is 10.3. The van der Waals surface area contributed by atoms with Gasteiger partial charge in [-0.3, -0.25) is 4.79 Å². The monoisotopic (exact) mass is 169 g/mol. The third-order valence-electron chi connectivity index (χ3n) is 1.42. The summed E-state index contributed by atoms with van der Waals surface area (Å²) in [6.07, 6.45) is 1.52. The van der Waals surface area contributed by atoms with Crippen molar-refractivity contribution in [1.82, 2.24) is 15.0 Å². The molecule has 0 aliphatic rings. The highest BCUT2D eigenvalue weighted by Crippen LogP contribution is 2.05. The molecule has 1 aromatic heterocycles. The van der Waals surface area contributed by atoms with Gasteiger partial charge in [-0.15, -0.1) is 5.10 Å². The number of primary amides is 1. The predicted octanol–water partition coefficient (Wildman–Crippen LogP) is -1.22. The molecule has 0 unspecified atom stereocenters. The zero-order valence-corrected chi connectivity index (χ0v) is 6.77. The first-order valence-corrected chi connectivity index (χ1v) is 3.53. The average Bonchev–Trinajstić information content (AvgIpc) is 2.33. The van der Waals surface area contributed by atoms with Crippen molar-refractivity contribution < 1.29 is 4.79 Å². The van der Waals surface area contributed by atoms with Gasteiger partial charge in [0.15, 0.2) is 0 Å². The van der Waals surface area contributed by atoms with E-state index in [4.69, 9.17) is 11.5 Å². The van der Waals surface area contributed by atoms with Crippen molar-refractivity contribution in [2.75, 3.05) is 0 Å². The number of carbonyl (C=O) groups is 1. The van der Waals surface area contributed by atoms with Crippen molar-refractivity contribution >= 4 is 5.91 Å². The van der Waals surface area contributed by atoms with Crippen LogP contribution in [-0.2, 0) is 11.3 Å². The van der Waals surface area contributed by atoms with E-state index >= 15 is 0 Å². The molecule has 1 amide bonds. The first kappa shape index (κ1) is 8.66. The Morgan fingerprint density at radius 3 is 3.00 bits per heavy atom. The fourth-order valence-corrected chi connectivity index (χ4v) is 0.889. The van der Waals surface area contributed by atoms with Crippen LogP contribution in [0.2, 0.25) is 0 Å². The van der Waals surface area contributed by atoms with Crippen molar-refractivity contribution in [2.45, 2.75) is 19.5 Å². The number of nitrogens with zero attached hydrogens (tertiary/aromatic N) is 3. The molecule has 0 aliphatic heterocycles. The second-order valence-electron chi connectivity index (χ2n) is 2.57. The molecule has 0 radical (unpaired) electrons. The molecule has 1 rings (SSSR count). The molecule has 0 saturated heterocycles. The minimum Gasteiger partial charge on any atom is -0.368 e. The van der Waals surface area contributed by atoms with Crippen LogP contribution < -0.4 is 11.5 Å². The molecule has 0 aromatic carbocycles. The Bertz CT molecular complexity index is 279. The van der Waals surface area contributed by atoms with E-state index in [1.54, 1.807) is 6.92 Å². The second-order valence-corrected chi connectivity index (χ2v) is 2.57. The number of rotatable bonds is 3. The van der Waals surface area contributed by atoms with Gasteiger partial charge in [-0.05, 0) is 6.92 Å². The SMILES string of the molecule is C[C@H](N)c1cnnn1CC(N)=O. The maximum absolute atomic E-state index is 10.5. The van der Waals surface area contributed by atoms with Crippen LogP contribution in [0.15, 0.2) is 6.20 Å². The zero-order valence-electron chi connectivity index (χ0n) is 6.77. The van der Waals surface area contributed by atoms with Crippen LogP contribution in [0.5, 0.6) is 0 Å². The zero-order chi connectivity index (χ0) is 9.14. The molecule has 12 heavy (non-hydrogen) atoms. The summed E-state index contributed by atoms with van der Waals surface area (Å²) in [4.78, 5) is 10.5. The average molecular weight is 169 g/mol. The second kappa shape index (κ2) is 3.31. The van der Waals surface area contributed by atoms with Gasteiger partial charge < -0.3 is 11.5 Å². The number of hydrogen-bond acceptors (Lipinski definition) is 4. The lowest BCUT2D eigenvalue weighted by Gasteiger charge is -2.05. The summed E-state index contributed by atoms with van der Waals surface area (Å²) in [6.45, 7) is 1.81. The van der Waals surface area contributed by atoms with Gasteiger partial charge in [0.25, 0.3) is 0 Å². The van der Waals surface area contributed by atoms with E-state index in [1.165, 1.54) is 10.9 Å². The molecule has 6 heteroatoms. The Kier molecular flexibility index (Phi) is 2.39. The van der Waals surface area contributed by atoms with E-state index in [0.717, 1.165) is 0 Å². The Hall–Kier alpha value is -1.43. The van der Waals surface area contributed by atoms with Crippen LogP contribution in [0.3, 0.4) is 0 Å². The van der Waals surface area contributed by atoms with Crippen LogP contribution in [0.1, 0.15) is 18.7 Å². The smallest absolute Gasteiger partial charge is 0.239 e. The molecule has 0 fully saturated rings. The van der Waals surface area contributed by atoms with Gasteiger partial charge in [-0.25, -0.2) is 4.68 Å². The van der Waals surface area contributed by atoms with Crippen LogP contribution in [-0.4, -0.2) is 20.9 Å². The van der Waals surface area contributed by atoms with E-state index in [1.807, 2.05) is 0 Å². The largest absolute Gasteiger partial charge is 0.368 e. The number of amides is 1. The Balaban J connectivity index is 2.84. The van der Waals surface area contributed by atoms with Crippen LogP contribution in [0, 0.1) is 0 Å². The van der Waals surface area contributed by atoms with Crippen molar-refractivity contribution in [2.24, 2.45) is 11.5 Å². The first-order chi connectivity index (χ1) is 5.61. The summed E-state index contributed by atoms with van der Waals surface area (Å²) in [5.41, 5.74) is 11.3. The Morgan fingerprint density at radius 1 is 1.83 bits per heavy atom. The summed E-state index contributed by atoms with van der Waals surface area (Å²) < 4.78 is 1.40. The molecule has 6 nitrogen and oxygen atoms in total. The minimum absolute atomic E-state index is 0.0247. The van der Waals surface area contributed by atoms with E-state index < -0.39 is 5.91 Å². The van der Waals surface area contributed by atoms with E-state index in [-0.39, 0.29) is 12.6 Å². The molecule has 1 atom stereocenters. The van der Waals surface area contributed by atoms with E-state index in [9.17, 15) is 4.79 Å². The fourth-order valence-electron chi connectivity index (χ4n) is 0.889. The number of carbonyl (C=O) groups excluding carboxylic acids is 1. The summed E-state index contributed by atoms with van der Waals surface area (Å²) in [6, 6.07) is -0.195. The number of nitrogens with two attached hydrogens (primary N) is 2. The van der Waals surface area contributed by atoms with Gasteiger partial charge in [0.05, 0.1) is 11.9 Å². The van der Waals surface area contributed by atoms with Gasteiger partial charge >= 0.3 is 0 Å². The molecule has 1 heterocycles. The van der Waals surface area contributed by atoms with Crippen LogP contribution in [0.25, 0.3) is 0 Å². The lowest BCUT2D eigenvalue weighted by molar-refractivity contribution is -0.118. The van der Waals surface area contributed by atoms with E-state index in [0.29, 0.717) is 5.69 Å². The van der Waals surface area contributed by atoms with Crippen LogP contribution >= 0.6 is 0 Å². The van der Waals surface area contributed by atoms with Gasteiger partial charge in [-0.1, -0.05) is 5.21 Å². The summed E-state index contributed by atoms with van der Waals surface area (Å²) >= 11 is 0. The third kappa shape index (κ3) is 1.79. The Morgan fingerprint density at radius 2 is 2.50 bits per heavy atom. The normalized spacial score (nSPS) is 12.8. The molecule has 66 valence electrons. The molecular formula is C6H11N5O. The van der Waals surface area contributed by atoms with Gasteiger partial charge in [-0.2, -0.15) is 0 Å². The van der Waals surface area contributed by atoms with Crippen molar-refractivity contribution in [1.29, 1.82) is 0 Å². The molecule has 0 saturated carbocycles. The number of aromatic nitrogens is 3. The predicted molar refractivity (Wildman–Crippen MR) is 41.8 cm³/mol. The molecule has 1 aromatic rings. The highest BCUT2D eigenvalue weighted by molar-refractivity contribution is 5.73. The highest BCUT2D eigenvalue weighted by atomic mass is 16.1. The molecule has 0 aliphatic carbocycles. The lowest BCUT2D eigenvalue weighted by Crippen LogP contribution is -2.23. The van der Waals surface area contributed by atoms with Gasteiger partial charge in [0.1, 0.15) is 6.54 Å². The summed E-state index contributed by atoms with van der Waals surface area (Å²) in [5, 5.41) is 7.29. The summed E-state index contributed by atoms with van der Waals surface area (Å²) in [7, 11) is 0. The molecule has 0 spiro atoms. The summed E-state index contributed by atoms with van der Waals surface area (Å²) in [5.74, 6) is -0.456. The molecule has 4 N–H and O–H groups in total. The maximum atomic E-state index is 10.5. The fraction of sp³-hybridized carbons (Fsp3) is 0.500. The maximum Gasteiger partial charge on any atom is 0.239 e. The molecule has 0 bridgehead atoms. The standard InChI is InChI=1S/C6H11N5O/c1-4(7)5-2-9-10-11(5)3-6(8)12/h2,4H,3,7H2,1H3,(H2,8,12)/t4-/m0/s1. The topological polar surface area (TPSA) is 99.8 Å². The third-order valence-corrected chi connectivity index (χ3v) is 1.42. The first-order valence-electron chi connectivity index (χ1n) is 3.53. The van der Waals surface area contributed by atoms with Gasteiger partial charge in [0, 0.05) is 6.04 Å². The van der Waals surface area contributed by atoms with E-state index in [2.05, 4.69) is 10.3 Å². The van der Waals surface area contributed by atoms with Crippen LogP contribution in [0.4, 0.5) is 0 Å². The highest BCUT2D eigenvalue weighted by Gasteiger charge is 2.09. The molecular weight excluding hydrogens is 158 g/mol. The van der Waals surface area contributed by atoms with Crippen molar-refractivity contribution in [3.05, 3.63) is 11.9 Å². The number of hydrogen-bond donors (Lipinski definition) is 2. The van der Waals surface area contributed by atoms with Crippen molar-refractivity contribution in [3.63, 3.8) is 0 Å². The Labute approximate surface area is 69.5 Å². The van der Waals surface area contributed by atoms with Crippen molar-refractivity contribution in [3.8, 4) is 0 Å².